The zero-order valence-corrected chi connectivity index (χ0v) is 14.6. The fourth-order valence-corrected chi connectivity index (χ4v) is 2.65. The number of halogens is 1. The Morgan fingerprint density at radius 2 is 1.88 bits per heavy atom. The summed E-state index contributed by atoms with van der Waals surface area (Å²) >= 11 is 6.92. The van der Waals surface area contributed by atoms with Crippen molar-refractivity contribution in [2.45, 2.75) is 6.92 Å². The molecule has 0 radical (unpaired) electrons. The monoisotopic (exact) mass is 366 g/mol. The molecule has 126 valence electrons. The number of hydrogen-bond donors (Lipinski definition) is 2. The van der Waals surface area contributed by atoms with E-state index >= 15 is 0 Å². The summed E-state index contributed by atoms with van der Waals surface area (Å²) in [5, 5.41) is 7.61. The van der Waals surface area contributed by atoms with Crippen molar-refractivity contribution in [1.29, 1.82) is 0 Å². The van der Waals surface area contributed by atoms with Crippen LogP contribution in [0.15, 0.2) is 29.6 Å². The number of aromatic nitrogens is 1. The van der Waals surface area contributed by atoms with Crippen LogP contribution in [0.4, 0.5) is 10.8 Å². The first-order valence-corrected chi connectivity index (χ1v) is 8.15. The first kappa shape index (κ1) is 17.9. The van der Waals surface area contributed by atoms with Gasteiger partial charge in [-0.1, -0.05) is 11.6 Å². The van der Waals surface area contributed by atoms with Crippen LogP contribution in [-0.4, -0.2) is 41.2 Å². The molecule has 0 aliphatic rings. The Morgan fingerprint density at radius 3 is 2.50 bits per heavy atom. The van der Waals surface area contributed by atoms with Crippen molar-refractivity contribution in [1.82, 2.24) is 9.88 Å². The van der Waals surface area contributed by atoms with Gasteiger partial charge >= 0.3 is 0 Å². The molecule has 9 heteroatoms. The van der Waals surface area contributed by atoms with Crippen LogP contribution in [0, 0.1) is 0 Å². The molecule has 3 amide bonds. The van der Waals surface area contributed by atoms with Crippen molar-refractivity contribution in [3.63, 3.8) is 0 Å². The Morgan fingerprint density at radius 1 is 1.21 bits per heavy atom. The van der Waals surface area contributed by atoms with Crippen LogP contribution < -0.4 is 10.6 Å². The van der Waals surface area contributed by atoms with Crippen molar-refractivity contribution in [3.8, 4) is 0 Å². The third-order valence-corrected chi connectivity index (χ3v) is 3.87. The van der Waals surface area contributed by atoms with Gasteiger partial charge in [0.15, 0.2) is 5.13 Å². The number of nitrogens with one attached hydrogen (secondary N) is 2. The van der Waals surface area contributed by atoms with Gasteiger partial charge in [-0.05, 0) is 24.3 Å². The fraction of sp³-hybridized carbons (Fsp3) is 0.200. The minimum absolute atomic E-state index is 0.130. The average Bonchev–Trinajstić information content (AvgIpc) is 2.96. The first-order valence-electron chi connectivity index (χ1n) is 6.89. The summed E-state index contributed by atoms with van der Waals surface area (Å²) in [5.74, 6) is -1.02. The highest BCUT2D eigenvalue weighted by molar-refractivity contribution is 7.14. The van der Waals surface area contributed by atoms with Crippen molar-refractivity contribution < 1.29 is 14.4 Å². The zero-order chi connectivity index (χ0) is 17.7. The molecule has 2 rings (SSSR count). The molecule has 1 heterocycles. The topological polar surface area (TPSA) is 91.4 Å². The quantitative estimate of drug-likeness (QED) is 0.850. The molecule has 0 atom stereocenters. The predicted octanol–water partition coefficient (Wildman–Crippen LogP) is 2.47. The number of carbonyl (C=O) groups excluding carboxylic acids is 3. The van der Waals surface area contributed by atoms with Crippen molar-refractivity contribution in [2.24, 2.45) is 0 Å². The number of nitrogens with zero attached hydrogens (tertiary/aromatic N) is 2. The molecule has 2 aromatic rings. The number of hydrogen-bond acceptors (Lipinski definition) is 5. The van der Waals surface area contributed by atoms with Gasteiger partial charge in [0.25, 0.3) is 5.91 Å². The van der Waals surface area contributed by atoms with Crippen LogP contribution in [0.5, 0.6) is 0 Å². The Labute approximate surface area is 147 Å². The Kier molecular flexibility index (Phi) is 5.88. The van der Waals surface area contributed by atoms with E-state index in [0.29, 0.717) is 15.8 Å². The number of rotatable bonds is 5. The minimum atomic E-state index is -0.408. The molecule has 0 aliphatic heterocycles. The van der Waals surface area contributed by atoms with Crippen LogP contribution in [0.1, 0.15) is 17.4 Å². The van der Waals surface area contributed by atoms with E-state index in [4.69, 9.17) is 11.6 Å². The van der Waals surface area contributed by atoms with Crippen LogP contribution in [0.2, 0.25) is 5.02 Å². The smallest absolute Gasteiger partial charge is 0.273 e. The lowest BCUT2D eigenvalue weighted by atomic mass is 10.3. The van der Waals surface area contributed by atoms with Crippen LogP contribution >= 0.6 is 22.9 Å². The van der Waals surface area contributed by atoms with Gasteiger partial charge in [0, 0.05) is 30.1 Å². The SMILES string of the molecule is CC(=O)Nc1nc(C(=O)N(C)CC(=O)Nc2ccc(Cl)cc2)cs1. The second-order valence-corrected chi connectivity index (χ2v) is 6.23. The predicted molar refractivity (Wildman–Crippen MR) is 93.5 cm³/mol. The highest BCUT2D eigenvalue weighted by atomic mass is 35.5. The molecular formula is C15H15ClN4O3S. The molecule has 7 nitrogen and oxygen atoms in total. The molecule has 24 heavy (non-hydrogen) atoms. The average molecular weight is 367 g/mol. The Balaban J connectivity index is 1.93. The second kappa shape index (κ2) is 7.89. The minimum Gasteiger partial charge on any atom is -0.331 e. The highest BCUT2D eigenvalue weighted by Crippen LogP contribution is 2.17. The normalized spacial score (nSPS) is 10.1. The number of benzene rings is 1. The molecule has 0 saturated carbocycles. The van der Waals surface area contributed by atoms with E-state index in [-0.39, 0.29) is 24.1 Å². The van der Waals surface area contributed by atoms with Gasteiger partial charge in [0.05, 0.1) is 6.54 Å². The van der Waals surface area contributed by atoms with Crippen molar-refractivity contribution >= 4 is 51.5 Å². The van der Waals surface area contributed by atoms with E-state index in [1.54, 1.807) is 24.3 Å². The third kappa shape index (κ3) is 5.04. The van der Waals surface area contributed by atoms with Crippen molar-refractivity contribution in [2.75, 3.05) is 24.2 Å². The summed E-state index contributed by atoms with van der Waals surface area (Å²) in [7, 11) is 1.50. The first-order chi connectivity index (χ1) is 11.3. The number of carbonyl (C=O) groups is 3. The largest absolute Gasteiger partial charge is 0.331 e. The lowest BCUT2D eigenvalue weighted by Crippen LogP contribution is -2.35. The van der Waals surface area contributed by atoms with E-state index in [1.807, 2.05) is 0 Å². The van der Waals surface area contributed by atoms with Gasteiger partial charge in [0.2, 0.25) is 11.8 Å². The van der Waals surface area contributed by atoms with Crippen LogP contribution in [0.25, 0.3) is 0 Å². The summed E-state index contributed by atoms with van der Waals surface area (Å²) in [6.45, 7) is 1.23. The van der Waals surface area contributed by atoms with E-state index in [9.17, 15) is 14.4 Å². The van der Waals surface area contributed by atoms with Gasteiger partial charge in [-0.3, -0.25) is 14.4 Å². The molecular weight excluding hydrogens is 352 g/mol. The molecule has 0 bridgehead atoms. The maximum Gasteiger partial charge on any atom is 0.273 e. The van der Waals surface area contributed by atoms with Gasteiger partial charge in [-0.15, -0.1) is 11.3 Å². The summed E-state index contributed by atoms with van der Waals surface area (Å²) < 4.78 is 0. The lowest BCUT2D eigenvalue weighted by molar-refractivity contribution is -0.116. The van der Waals surface area contributed by atoms with E-state index in [1.165, 1.54) is 24.3 Å². The molecule has 2 N–H and O–H groups in total. The van der Waals surface area contributed by atoms with Crippen molar-refractivity contribution in [3.05, 3.63) is 40.4 Å². The fourth-order valence-electron chi connectivity index (χ4n) is 1.80. The van der Waals surface area contributed by atoms with Crippen LogP contribution in [0.3, 0.4) is 0 Å². The molecule has 1 aromatic carbocycles. The highest BCUT2D eigenvalue weighted by Gasteiger charge is 2.18. The molecule has 0 fully saturated rings. The zero-order valence-electron chi connectivity index (χ0n) is 13.0. The maximum absolute atomic E-state index is 12.2. The summed E-state index contributed by atoms with van der Waals surface area (Å²) in [6.07, 6.45) is 0. The van der Waals surface area contributed by atoms with E-state index in [2.05, 4.69) is 15.6 Å². The summed E-state index contributed by atoms with van der Waals surface area (Å²) in [5.41, 5.74) is 0.761. The second-order valence-electron chi connectivity index (χ2n) is 4.94. The molecule has 0 spiro atoms. The Hall–Kier alpha value is -2.45. The molecule has 1 aromatic heterocycles. The number of anilines is 2. The summed E-state index contributed by atoms with van der Waals surface area (Å²) in [4.78, 5) is 40.5. The number of thiazole rings is 1. The standard InChI is InChI=1S/C15H15ClN4O3S/c1-9(21)17-15-19-12(8-24-15)14(23)20(2)7-13(22)18-11-5-3-10(16)4-6-11/h3-6,8H,7H2,1-2H3,(H,18,22)(H,17,19,21). The maximum atomic E-state index is 12.2. The lowest BCUT2D eigenvalue weighted by Gasteiger charge is -2.15. The number of likely N-dealkylation sites (N-methyl/N-ethyl adjacent to an activating group) is 1. The van der Waals surface area contributed by atoms with Crippen LogP contribution in [-0.2, 0) is 9.59 Å². The van der Waals surface area contributed by atoms with E-state index < -0.39 is 5.91 Å². The van der Waals surface area contributed by atoms with Gasteiger partial charge in [0.1, 0.15) is 5.69 Å². The van der Waals surface area contributed by atoms with Gasteiger partial charge < -0.3 is 15.5 Å². The molecule has 0 aliphatic carbocycles. The van der Waals surface area contributed by atoms with Gasteiger partial charge in [-0.25, -0.2) is 4.98 Å². The Bertz CT molecular complexity index is 760. The third-order valence-electron chi connectivity index (χ3n) is 2.86. The van der Waals surface area contributed by atoms with Gasteiger partial charge in [-0.2, -0.15) is 0 Å². The summed E-state index contributed by atoms with van der Waals surface area (Å²) in [6, 6.07) is 6.65. The molecule has 0 unspecified atom stereocenters. The number of amides is 3. The van der Waals surface area contributed by atoms with E-state index in [0.717, 1.165) is 11.3 Å². The molecule has 0 saturated heterocycles.